The Morgan fingerprint density at radius 2 is 1.13 bits per heavy atom. The molecule has 5 aromatic heterocycles. The van der Waals surface area contributed by atoms with Crippen LogP contribution in [0.5, 0.6) is 0 Å². The number of aliphatic imine (C=N–C) groups is 1. The van der Waals surface area contributed by atoms with Gasteiger partial charge in [0, 0.05) is 37.5 Å². The van der Waals surface area contributed by atoms with E-state index in [0.717, 1.165) is 42.0 Å². The number of benzene rings is 1. The number of unbranched alkanes of at least 4 members (excludes halogenated alkanes) is 3. The molecule has 7 rings (SSSR count). The minimum absolute atomic E-state index is 0. The van der Waals surface area contributed by atoms with E-state index in [1.807, 2.05) is 79.7 Å². The summed E-state index contributed by atoms with van der Waals surface area (Å²) < 4.78 is 59.0. The number of nitrogens with zero attached hydrogens (tertiary/aromatic N) is 6. The molecule has 7 nitrogen and oxygen atoms in total. The normalized spacial score (nSPS) is 12.2. The molecule has 0 saturated heterocycles. The van der Waals surface area contributed by atoms with Gasteiger partial charge in [0.15, 0.2) is 23.3 Å². The molecule has 271 valence electrons. The first kappa shape index (κ1) is 40.2. The average Bonchev–Trinajstić information content (AvgIpc) is 3.95. The molecule has 0 amide bonds. The second-order valence-electron chi connectivity index (χ2n) is 11.3. The third kappa shape index (κ3) is 10.9. The van der Waals surface area contributed by atoms with E-state index in [1.54, 1.807) is 36.9 Å². The average molecular weight is 804 g/mol. The fourth-order valence-electron chi connectivity index (χ4n) is 5.11. The number of pyridine rings is 4. The number of allylic oxidation sites excluding steroid dienone is 2. The molecular weight excluding hydrogens is 768 g/mol. The maximum Gasteiger partial charge on any atom is 1.00 e. The summed E-state index contributed by atoms with van der Waals surface area (Å²) in [4.78, 5) is 24.8. The van der Waals surface area contributed by atoms with Crippen LogP contribution in [0.15, 0.2) is 139 Å². The maximum atomic E-state index is 14.9. The van der Waals surface area contributed by atoms with Gasteiger partial charge in [0.25, 0.3) is 0 Å². The van der Waals surface area contributed by atoms with Gasteiger partial charge in [-0.2, -0.15) is 6.20 Å². The van der Waals surface area contributed by atoms with Crippen LogP contribution < -0.4 is 10.3 Å². The van der Waals surface area contributed by atoms with E-state index in [2.05, 4.69) is 35.2 Å². The number of aromatic nitrogens is 5. The van der Waals surface area contributed by atoms with Gasteiger partial charge < -0.3 is 10.3 Å². The smallest absolute Gasteiger partial charge is 0.664 e. The molecule has 6 heterocycles. The Kier molecular flexibility index (Phi) is 16.0. The fourth-order valence-corrected chi connectivity index (χ4v) is 5.11. The van der Waals surface area contributed by atoms with Crippen molar-refractivity contribution in [1.29, 1.82) is 0 Å². The quantitative estimate of drug-likeness (QED) is 0.0642. The van der Waals surface area contributed by atoms with Crippen molar-refractivity contribution < 1.29 is 37.0 Å². The summed E-state index contributed by atoms with van der Waals surface area (Å²) in [5.41, 5.74) is 2.31. The molecule has 1 aromatic carbocycles. The van der Waals surface area contributed by atoms with Gasteiger partial charge in [-0.25, -0.2) is 17.6 Å². The van der Waals surface area contributed by atoms with Gasteiger partial charge in [0.2, 0.25) is 0 Å². The minimum atomic E-state index is -1.48. The van der Waals surface area contributed by atoms with E-state index < -0.39 is 34.5 Å². The molecule has 0 fully saturated rings. The van der Waals surface area contributed by atoms with Crippen LogP contribution in [0, 0.1) is 23.3 Å². The molecule has 0 unspecified atom stereocenters. The van der Waals surface area contributed by atoms with Gasteiger partial charge in [0.05, 0.1) is 34.0 Å². The molecule has 1 radical (unpaired) electrons. The molecule has 0 spiro atoms. The Hall–Kier alpha value is -5.61. The van der Waals surface area contributed by atoms with Gasteiger partial charge in [-0.15, -0.1) is 5.69 Å². The van der Waals surface area contributed by atoms with E-state index >= 15 is 0 Å². The summed E-state index contributed by atoms with van der Waals surface area (Å²) in [5, 5.41) is 2.49. The Bertz CT molecular complexity index is 1880. The zero-order chi connectivity index (χ0) is 36.5. The molecule has 1 N–H and O–H groups in total. The number of hydrogen-bond donors (Lipinski definition) is 1. The Morgan fingerprint density at radius 1 is 0.623 bits per heavy atom. The number of rotatable bonds is 10. The molecule has 0 aliphatic carbocycles. The van der Waals surface area contributed by atoms with E-state index in [-0.39, 0.29) is 43.0 Å². The van der Waals surface area contributed by atoms with Crippen molar-refractivity contribution in [2.24, 2.45) is 4.99 Å². The van der Waals surface area contributed by atoms with Gasteiger partial charge in [0.1, 0.15) is 5.69 Å². The van der Waals surface area contributed by atoms with Crippen molar-refractivity contribution in [3.63, 3.8) is 0 Å². The maximum absolute atomic E-state index is 14.9. The number of halogens is 4. The molecule has 6 aromatic rings. The van der Waals surface area contributed by atoms with Crippen LogP contribution in [0.3, 0.4) is 0 Å². The summed E-state index contributed by atoms with van der Waals surface area (Å²) in [6, 6.07) is 26.3. The third-order valence-corrected chi connectivity index (χ3v) is 7.65. The largest absolute Gasteiger partial charge is 1.00 e. The summed E-state index contributed by atoms with van der Waals surface area (Å²) in [6.07, 6.45) is 16.5. The molecule has 1 aliphatic heterocycles. The predicted octanol–water partition coefficient (Wildman–Crippen LogP) is 9.88. The summed E-state index contributed by atoms with van der Waals surface area (Å²) >= 11 is 0. The second-order valence-corrected chi connectivity index (χ2v) is 11.3. The summed E-state index contributed by atoms with van der Waals surface area (Å²) in [5.74, 6) is -5.87. The molecule has 1 aliphatic rings. The first-order valence-electron chi connectivity index (χ1n) is 16.8. The summed E-state index contributed by atoms with van der Waals surface area (Å²) in [6.45, 7) is 2.25. The van der Waals surface area contributed by atoms with Crippen molar-refractivity contribution in [2.45, 2.75) is 32.6 Å². The molecule has 0 bridgehead atoms. The van der Waals surface area contributed by atoms with E-state index in [9.17, 15) is 17.6 Å². The zero-order valence-electron chi connectivity index (χ0n) is 28.8. The second kappa shape index (κ2) is 21.0. The van der Waals surface area contributed by atoms with Crippen LogP contribution in [0.1, 0.15) is 43.9 Å². The van der Waals surface area contributed by atoms with Crippen LogP contribution in [0.25, 0.3) is 28.3 Å². The van der Waals surface area contributed by atoms with Crippen molar-refractivity contribution in [3.05, 3.63) is 168 Å². The standard InChI is InChI=1S/C21H20F4N3.2C10H8N2.Ru/c1-2-3-4-5-10-28-21-19(24)17(22)16(18(23)20(21)25)15(13-8-6-11-26-13)14-9-7-12-27-14;2*1-3-7-11-9(5-1)10-6-2-4-8-12-10;/h6-9,11-12,28H,2-5,10H2,1H3;2*1-8H;/q-1;;;+1/b15-13+;;;. The van der Waals surface area contributed by atoms with Gasteiger partial charge in [-0.1, -0.05) is 62.6 Å². The topological polar surface area (TPSA) is 90.1 Å². The zero-order valence-corrected chi connectivity index (χ0v) is 30.5. The van der Waals surface area contributed by atoms with Gasteiger partial charge in [-0.05, 0) is 72.7 Å². The first-order valence-corrected chi connectivity index (χ1v) is 16.8. The Morgan fingerprint density at radius 3 is 1.51 bits per heavy atom. The molecule has 0 saturated carbocycles. The van der Waals surface area contributed by atoms with Crippen LogP contribution in [0.2, 0.25) is 0 Å². The predicted molar refractivity (Wildman–Crippen MR) is 197 cm³/mol. The van der Waals surface area contributed by atoms with Crippen molar-refractivity contribution in [2.75, 3.05) is 11.9 Å². The molecule has 0 atom stereocenters. The number of nitrogens with one attached hydrogen (secondary N) is 1. The van der Waals surface area contributed by atoms with Gasteiger partial charge >= 0.3 is 19.5 Å². The number of hydrogen-bond acceptors (Lipinski definition) is 6. The van der Waals surface area contributed by atoms with Gasteiger partial charge in [-0.3, -0.25) is 24.9 Å². The van der Waals surface area contributed by atoms with E-state index in [1.165, 1.54) is 24.6 Å². The van der Waals surface area contributed by atoms with Crippen LogP contribution >= 0.6 is 0 Å². The monoisotopic (exact) mass is 804 g/mol. The van der Waals surface area contributed by atoms with E-state index in [4.69, 9.17) is 0 Å². The van der Waals surface area contributed by atoms with Crippen molar-refractivity contribution in [3.8, 4) is 22.8 Å². The number of anilines is 1. The third-order valence-electron chi connectivity index (χ3n) is 7.65. The SMILES string of the molecule is CCCCCCNc1c(F)c(F)c(/C(=C2\C=CC=N2)c2ccc[n-]2)c(F)c1F.[Ru+].c1ccc(-c2ccccn2)nc1.c1ccc(-c2ccccn2)nc1. The Balaban J connectivity index is 0.000000205. The minimum Gasteiger partial charge on any atom is -0.664 e. The van der Waals surface area contributed by atoms with Crippen molar-refractivity contribution in [1.82, 2.24) is 24.9 Å². The summed E-state index contributed by atoms with van der Waals surface area (Å²) in [7, 11) is 0. The van der Waals surface area contributed by atoms with Crippen LogP contribution in [-0.4, -0.2) is 32.7 Å². The fraction of sp³-hybridized carbons (Fsp3) is 0.146. The molecule has 53 heavy (non-hydrogen) atoms. The van der Waals surface area contributed by atoms with E-state index in [0.29, 0.717) is 6.42 Å². The first-order chi connectivity index (χ1) is 25.5. The van der Waals surface area contributed by atoms with Crippen LogP contribution in [-0.2, 0) is 19.5 Å². The van der Waals surface area contributed by atoms with Crippen LogP contribution in [0.4, 0.5) is 23.2 Å². The molecular formula is C41H36F4N7Ru. The molecule has 12 heteroatoms. The van der Waals surface area contributed by atoms with Crippen molar-refractivity contribution >= 4 is 17.5 Å². The Labute approximate surface area is 318 Å².